The highest BCUT2D eigenvalue weighted by atomic mass is 35.5. The summed E-state index contributed by atoms with van der Waals surface area (Å²) >= 11 is 6.44. The lowest BCUT2D eigenvalue weighted by Crippen LogP contribution is -2.30. The number of phenolic OH excluding ortho intramolecular Hbond substituents is 1. The number of ketones is 6. The van der Waals surface area contributed by atoms with Gasteiger partial charge in [-0.05, 0) is 94.6 Å². The number of anilines is 7. The number of alkyl halides is 1. The lowest BCUT2D eigenvalue weighted by molar-refractivity contribution is -0.119. The molecule has 41 nitrogen and oxygen atoms in total. The number of nitrogens with one attached hydrogen (secondary N) is 9. The number of Topliss-reactive ketones (excluding diaryl/α,β-unsaturated/α-hetero) is 6. The van der Waals surface area contributed by atoms with Crippen LogP contribution in [0, 0.1) is 0 Å². The van der Waals surface area contributed by atoms with E-state index in [0.29, 0.717) is 73.9 Å². The highest BCUT2D eigenvalue weighted by molar-refractivity contribution is 6.20. The monoisotopic (exact) mass is 1880 g/mol. The first-order valence-corrected chi connectivity index (χ1v) is 44.1. The highest BCUT2D eigenvalue weighted by Gasteiger charge is 2.37. The van der Waals surface area contributed by atoms with Crippen LogP contribution in [-0.4, -0.2) is 194 Å². The SMILES string of the molecule is CC(=O)Nc1cn(C)c(C(=O)Nc2cn(C)c(C(=O)Nc3cc(C(=O)NCCC(=O)Nc4cc(C(=O)Nc5cn(C)c(C(=O)Nc6cn(C)c(C(=O)NCCCC(=O)Cc7cc(C(=O)Cc8cc(C(=O)Cc9cc(C(=O)CCCC(=O)Cc%10cn(C)c(C(=O)Cc%11ccc%12[nH]c(C(=O)N%13CC(CCl)c%14c%13cc(O)c%13ccccc%14%13)cc%12c%11)n%10)n(C)c9)n(C)c8)n(C)c7)n6)n5)n(C)c4)n(C)c3)n2)n1. The van der Waals surface area contributed by atoms with E-state index in [-0.39, 0.29) is 223 Å². The van der Waals surface area contributed by atoms with E-state index >= 15 is 0 Å². The first-order chi connectivity index (χ1) is 65.3. The van der Waals surface area contributed by atoms with Crippen molar-refractivity contribution < 1.29 is 77.0 Å². The van der Waals surface area contributed by atoms with Crippen molar-refractivity contribution in [2.45, 2.75) is 83.5 Å². The van der Waals surface area contributed by atoms with Crippen LogP contribution in [0.25, 0.3) is 21.7 Å². The Hall–Kier alpha value is -16.8. The first-order valence-electron chi connectivity index (χ1n) is 43.6. The van der Waals surface area contributed by atoms with Crippen LogP contribution in [0.2, 0.25) is 0 Å². The van der Waals surface area contributed by atoms with Crippen LogP contribution < -0.4 is 47.4 Å². The number of fused-ring (bicyclic) bond motifs is 4. The van der Waals surface area contributed by atoms with Crippen LogP contribution in [0.4, 0.5) is 40.3 Å². The Kier molecular flexibility index (Phi) is 27.7. The van der Waals surface area contributed by atoms with Gasteiger partial charge in [-0.1, -0.05) is 30.3 Å². The summed E-state index contributed by atoms with van der Waals surface area (Å²) in [6.07, 6.45) is 16.0. The Morgan fingerprint density at radius 2 is 0.876 bits per heavy atom. The lowest BCUT2D eigenvalue weighted by Gasteiger charge is -2.17. The topological polar surface area (TPSA) is 505 Å². The minimum atomic E-state index is -0.722. The fraction of sp³-hybridized carbons (Fsp3) is 0.284. The molecule has 0 bridgehead atoms. The van der Waals surface area contributed by atoms with E-state index in [9.17, 15) is 77.0 Å². The molecule has 1 aliphatic rings. The first kappa shape index (κ1) is 94.9. The minimum Gasteiger partial charge on any atom is -0.507 e. The van der Waals surface area contributed by atoms with Gasteiger partial charge in [0.15, 0.2) is 46.4 Å². The number of aromatic nitrogens is 16. The molecule has 9 amide bonds. The molecule has 0 radical (unpaired) electrons. The number of imidazole rings is 5. The predicted octanol–water partition coefficient (Wildman–Crippen LogP) is 8.86. The molecule has 42 heteroatoms. The number of nitrogens with zero attached hydrogens (tertiary/aromatic N) is 16. The van der Waals surface area contributed by atoms with Crippen molar-refractivity contribution in [1.29, 1.82) is 0 Å². The molecule has 10 N–H and O–H groups in total. The summed E-state index contributed by atoms with van der Waals surface area (Å²) in [6, 6.07) is 24.2. The van der Waals surface area contributed by atoms with Gasteiger partial charge in [-0.2, -0.15) is 0 Å². The van der Waals surface area contributed by atoms with Gasteiger partial charge in [0.05, 0.1) is 46.3 Å². The molecule has 11 aromatic heterocycles. The third-order valence-electron chi connectivity index (χ3n) is 23.4. The van der Waals surface area contributed by atoms with Gasteiger partial charge in [-0.15, -0.1) is 11.6 Å². The Morgan fingerprint density at radius 3 is 1.45 bits per heavy atom. The van der Waals surface area contributed by atoms with Crippen LogP contribution in [0.5, 0.6) is 5.75 Å². The molecule has 137 heavy (non-hydrogen) atoms. The summed E-state index contributed by atoms with van der Waals surface area (Å²) in [5.74, 6) is -5.81. The average Bonchev–Trinajstić information content (AvgIpc) is 1.60. The fourth-order valence-electron chi connectivity index (χ4n) is 16.9. The number of halogens is 1. The summed E-state index contributed by atoms with van der Waals surface area (Å²) < 4.78 is 15.0. The van der Waals surface area contributed by atoms with Gasteiger partial charge in [0.1, 0.15) is 34.4 Å². The van der Waals surface area contributed by atoms with Crippen LogP contribution in [0.1, 0.15) is 201 Å². The molecule has 14 aromatic rings. The second-order valence-corrected chi connectivity index (χ2v) is 34.4. The van der Waals surface area contributed by atoms with Gasteiger partial charge >= 0.3 is 0 Å². The van der Waals surface area contributed by atoms with Crippen LogP contribution in [-0.2, 0) is 122 Å². The largest absolute Gasteiger partial charge is 0.507 e. The second kappa shape index (κ2) is 40.0. The molecule has 3 aromatic carbocycles. The number of aryl methyl sites for hydroxylation is 10. The van der Waals surface area contributed by atoms with Crippen molar-refractivity contribution >= 4 is 161 Å². The second-order valence-electron chi connectivity index (χ2n) is 34.1. The zero-order valence-corrected chi connectivity index (χ0v) is 77.4. The number of benzene rings is 3. The average molecular weight is 1880 g/mol. The number of hydrogen-bond acceptors (Lipinski definition) is 21. The number of phenols is 1. The van der Waals surface area contributed by atoms with Crippen LogP contribution >= 0.6 is 11.6 Å². The van der Waals surface area contributed by atoms with Gasteiger partial charge in [-0.3, -0.25) is 71.9 Å². The van der Waals surface area contributed by atoms with Crippen molar-refractivity contribution in [3.05, 3.63) is 244 Å². The highest BCUT2D eigenvalue weighted by Crippen LogP contribution is 2.46. The number of aromatic amines is 1. The number of amides is 9. The number of hydrogen-bond donors (Lipinski definition) is 10. The predicted molar refractivity (Wildman–Crippen MR) is 505 cm³/mol. The van der Waals surface area contributed by atoms with Crippen molar-refractivity contribution in [3.8, 4) is 5.75 Å². The van der Waals surface area contributed by atoms with E-state index in [1.807, 2.05) is 36.4 Å². The molecular weight excluding hydrogens is 1780 g/mol. The van der Waals surface area contributed by atoms with Gasteiger partial charge in [0.25, 0.3) is 41.4 Å². The zero-order valence-electron chi connectivity index (χ0n) is 76.6. The number of carbonyl (C=O) groups is 15. The summed E-state index contributed by atoms with van der Waals surface area (Å²) in [6.45, 7) is 1.67. The van der Waals surface area contributed by atoms with E-state index in [2.05, 4.69) is 72.4 Å². The third-order valence-corrected chi connectivity index (χ3v) is 23.7. The van der Waals surface area contributed by atoms with Gasteiger partial charge < -0.3 is 103 Å². The van der Waals surface area contributed by atoms with E-state index in [1.165, 1.54) is 90.7 Å². The summed E-state index contributed by atoms with van der Waals surface area (Å²) in [5, 5.41) is 34.3. The van der Waals surface area contributed by atoms with Crippen molar-refractivity contribution in [2.24, 2.45) is 70.5 Å². The van der Waals surface area contributed by atoms with E-state index in [4.69, 9.17) is 11.6 Å². The third kappa shape index (κ3) is 21.5. The van der Waals surface area contributed by atoms with Gasteiger partial charge in [0, 0.05) is 245 Å². The van der Waals surface area contributed by atoms with Gasteiger partial charge in [-0.25, -0.2) is 24.9 Å². The lowest BCUT2D eigenvalue weighted by atomic mass is 9.95. The van der Waals surface area contributed by atoms with E-state index in [1.54, 1.807) is 148 Å². The van der Waals surface area contributed by atoms with Gasteiger partial charge in [0.2, 0.25) is 40.9 Å². The van der Waals surface area contributed by atoms with E-state index in [0.717, 1.165) is 16.3 Å². The molecule has 12 heterocycles. The minimum absolute atomic E-state index is 0.00578. The Morgan fingerprint density at radius 1 is 0.401 bits per heavy atom. The van der Waals surface area contributed by atoms with Crippen molar-refractivity contribution in [1.82, 2.24) is 86.2 Å². The zero-order chi connectivity index (χ0) is 97.8. The van der Waals surface area contributed by atoms with E-state index < -0.39 is 41.4 Å². The maximum absolute atomic E-state index is 14.1. The summed E-state index contributed by atoms with van der Waals surface area (Å²) in [7, 11) is 16.2. The normalized spacial score (nSPS) is 12.3. The Labute approximate surface area is 786 Å². The van der Waals surface area contributed by atoms with Crippen LogP contribution in [0.3, 0.4) is 0 Å². The number of carbonyl (C=O) groups excluding carboxylic acids is 15. The number of H-pyrrole nitrogens is 1. The summed E-state index contributed by atoms with van der Waals surface area (Å²) in [4.78, 5) is 226. The standard InChI is InChI=1S/C95H98ClN25O16/c1-51(122)99-78-47-118(9)87(104-78)93(135)110-81-50-119(10)86(107-81)92(134)102-60-37-71(114(5)45-60)89(131)98-25-23-82(130)100-59-36-72(115(6)44-59)90(132)108-79-48-120(11)88(106-79)94(136)109-80-49-117(8)85(105-80)91(133)97-24-15-17-61(123)27-53-28-68(112(3)40-53)75(127)33-55-30-69(113(4)42-55)76(128)32-54-29-67(111(2)41-54)73(125)20-14-16-62(124)35-58-46-116(7)84(101-58)77(129)31-52-21-22-65-56(26-52)34-66(103-65)95(137)121-43-57(39-96)83-64-19-13-12-18-63(64)74(126)38-70(83)121/h12-13,18-19,21-22,26,28-30,34,36-38,40-42,44-50,57,103,126H,14-17,20,23-25,27,31-33,35,39,43H2,1-11H3,(H,97,133)(H,98,131)(H,99,122)(H,100,130)(H,102,134)(H,108,132)(H,109,136)(H,110,135). The van der Waals surface area contributed by atoms with Crippen molar-refractivity contribution in [2.75, 3.05) is 62.3 Å². The number of aromatic hydroxyl groups is 1. The molecule has 0 aliphatic carbocycles. The molecule has 1 aliphatic heterocycles. The van der Waals surface area contributed by atoms with Crippen LogP contribution in [0.15, 0.2) is 147 Å². The molecule has 0 saturated heterocycles. The Balaban J connectivity index is 0.445. The molecular formula is C95H98ClN25O16. The smallest absolute Gasteiger partial charge is 0.292 e. The molecule has 1 atom stereocenters. The number of rotatable bonds is 39. The molecule has 15 rings (SSSR count). The fourth-order valence-corrected chi connectivity index (χ4v) is 17.2. The van der Waals surface area contributed by atoms with Crippen molar-refractivity contribution in [3.63, 3.8) is 0 Å². The molecule has 1 unspecified atom stereocenters. The summed E-state index contributed by atoms with van der Waals surface area (Å²) in [5.41, 5.74) is 7.33. The quantitative estimate of drug-likeness (QED) is 0.00976. The molecule has 706 valence electrons. The maximum atomic E-state index is 14.1. The molecule has 0 spiro atoms. The Bertz CT molecular complexity index is 7280. The molecule has 0 fully saturated rings. The maximum Gasteiger partial charge on any atom is 0.292 e. The molecule has 0 saturated carbocycles.